The Morgan fingerprint density at radius 2 is 1.73 bits per heavy atom. The van der Waals surface area contributed by atoms with Gasteiger partial charge in [0.1, 0.15) is 0 Å². The number of sulfonamides is 1. The molecule has 2 saturated heterocycles. The van der Waals surface area contributed by atoms with Crippen LogP contribution in [0.25, 0.3) is 0 Å². The fourth-order valence-corrected chi connectivity index (χ4v) is 5.06. The Morgan fingerprint density at radius 3 is 2.31 bits per heavy atom. The normalized spacial score (nSPS) is 20.1. The number of carbonyl (C=O) groups excluding carboxylic acids is 1. The number of likely N-dealkylation sites (tertiary alicyclic amines) is 1. The Labute approximate surface area is 160 Å². The van der Waals surface area contributed by atoms with Crippen LogP contribution < -0.4 is 4.72 Å². The van der Waals surface area contributed by atoms with Gasteiger partial charge in [-0.2, -0.15) is 11.8 Å². The first-order chi connectivity index (χ1) is 12.5. The number of amides is 1. The van der Waals surface area contributed by atoms with Crippen molar-refractivity contribution < 1.29 is 13.2 Å². The summed E-state index contributed by atoms with van der Waals surface area (Å²) >= 11 is 2.02. The first-order valence-corrected chi connectivity index (χ1v) is 12.0. The highest BCUT2D eigenvalue weighted by Gasteiger charge is 2.28. The minimum atomic E-state index is -3.29. The lowest BCUT2D eigenvalue weighted by atomic mass is 10.0. The molecule has 2 fully saturated rings. The maximum Gasteiger partial charge on any atom is 0.253 e. The van der Waals surface area contributed by atoms with Crippen molar-refractivity contribution in [1.29, 1.82) is 0 Å². The maximum absolute atomic E-state index is 12.7. The van der Waals surface area contributed by atoms with Crippen LogP contribution in [0, 0.1) is 0 Å². The van der Waals surface area contributed by atoms with E-state index in [1.807, 2.05) is 16.7 Å². The highest BCUT2D eigenvalue weighted by Crippen LogP contribution is 2.22. The SMILES string of the molecule is CCS(=O)(=O)Nc1ccc(C(=O)N2CCC(N3CCSCC3)CC2)cc1. The number of rotatable bonds is 5. The summed E-state index contributed by atoms with van der Waals surface area (Å²) in [4.78, 5) is 17.2. The van der Waals surface area contributed by atoms with Crippen LogP contribution in [-0.2, 0) is 10.0 Å². The van der Waals surface area contributed by atoms with Gasteiger partial charge in [-0.05, 0) is 44.0 Å². The Balaban J connectivity index is 1.55. The van der Waals surface area contributed by atoms with Crippen LogP contribution in [-0.4, -0.2) is 73.6 Å². The zero-order valence-electron chi connectivity index (χ0n) is 15.2. The molecule has 2 aliphatic rings. The lowest BCUT2D eigenvalue weighted by molar-refractivity contribution is 0.0631. The number of thioether (sulfide) groups is 1. The minimum absolute atomic E-state index is 0.0261. The molecule has 2 heterocycles. The van der Waals surface area contributed by atoms with E-state index in [2.05, 4.69) is 9.62 Å². The third-order valence-corrected chi connectivity index (χ3v) is 7.35. The van der Waals surface area contributed by atoms with Gasteiger partial charge in [-0.3, -0.25) is 14.4 Å². The van der Waals surface area contributed by atoms with Crippen LogP contribution in [0.5, 0.6) is 0 Å². The summed E-state index contributed by atoms with van der Waals surface area (Å²) in [6.45, 7) is 5.50. The maximum atomic E-state index is 12.7. The van der Waals surface area contributed by atoms with Crippen molar-refractivity contribution in [3.8, 4) is 0 Å². The molecule has 0 aromatic heterocycles. The summed E-state index contributed by atoms with van der Waals surface area (Å²) in [5.41, 5.74) is 1.10. The number of nitrogens with one attached hydrogen (secondary N) is 1. The standard InChI is InChI=1S/C18H27N3O3S2/c1-2-26(23,24)19-16-5-3-15(4-6-16)18(22)21-9-7-17(8-10-21)20-11-13-25-14-12-20/h3-6,17,19H,2,7-14H2,1H3. The summed E-state index contributed by atoms with van der Waals surface area (Å²) in [5, 5.41) is 0. The quantitative estimate of drug-likeness (QED) is 0.824. The molecule has 0 aliphatic carbocycles. The van der Waals surface area contributed by atoms with Gasteiger partial charge in [0.25, 0.3) is 5.91 Å². The fourth-order valence-electron chi connectivity index (χ4n) is 3.49. The van der Waals surface area contributed by atoms with E-state index in [1.165, 1.54) is 24.6 Å². The van der Waals surface area contributed by atoms with E-state index in [0.29, 0.717) is 17.3 Å². The summed E-state index contributed by atoms with van der Waals surface area (Å²) in [6, 6.07) is 7.30. The van der Waals surface area contributed by atoms with Crippen LogP contribution in [0.2, 0.25) is 0 Å². The molecule has 26 heavy (non-hydrogen) atoms. The number of carbonyl (C=O) groups is 1. The fraction of sp³-hybridized carbons (Fsp3) is 0.611. The summed E-state index contributed by atoms with van der Waals surface area (Å²) in [5.74, 6) is 2.49. The summed E-state index contributed by atoms with van der Waals surface area (Å²) in [6.07, 6.45) is 2.07. The molecule has 2 aliphatic heterocycles. The van der Waals surface area contributed by atoms with E-state index in [9.17, 15) is 13.2 Å². The van der Waals surface area contributed by atoms with E-state index in [4.69, 9.17) is 0 Å². The average molecular weight is 398 g/mol. The molecule has 0 atom stereocenters. The van der Waals surface area contributed by atoms with Crippen molar-refractivity contribution in [1.82, 2.24) is 9.80 Å². The van der Waals surface area contributed by atoms with E-state index in [-0.39, 0.29) is 11.7 Å². The van der Waals surface area contributed by atoms with Crippen LogP contribution >= 0.6 is 11.8 Å². The molecule has 6 nitrogen and oxygen atoms in total. The molecular formula is C18H27N3O3S2. The largest absolute Gasteiger partial charge is 0.339 e. The van der Waals surface area contributed by atoms with E-state index >= 15 is 0 Å². The lowest BCUT2D eigenvalue weighted by Crippen LogP contribution is -2.49. The highest BCUT2D eigenvalue weighted by atomic mass is 32.2. The molecule has 8 heteroatoms. The van der Waals surface area contributed by atoms with Gasteiger partial charge < -0.3 is 4.90 Å². The Morgan fingerprint density at radius 1 is 1.12 bits per heavy atom. The molecule has 1 aromatic rings. The Kier molecular flexibility index (Phi) is 6.47. The molecule has 0 bridgehead atoms. The molecule has 144 valence electrons. The van der Waals surface area contributed by atoms with Crippen molar-refractivity contribution in [3.63, 3.8) is 0 Å². The first-order valence-electron chi connectivity index (χ1n) is 9.20. The molecular weight excluding hydrogens is 370 g/mol. The minimum Gasteiger partial charge on any atom is -0.339 e. The monoisotopic (exact) mass is 397 g/mol. The van der Waals surface area contributed by atoms with E-state index < -0.39 is 10.0 Å². The topological polar surface area (TPSA) is 69.7 Å². The summed E-state index contributed by atoms with van der Waals surface area (Å²) in [7, 11) is -3.29. The van der Waals surface area contributed by atoms with Crippen LogP contribution in [0.4, 0.5) is 5.69 Å². The van der Waals surface area contributed by atoms with Gasteiger partial charge in [0, 0.05) is 55.0 Å². The van der Waals surface area contributed by atoms with Gasteiger partial charge in [-0.25, -0.2) is 8.42 Å². The van der Waals surface area contributed by atoms with E-state index in [1.54, 1.807) is 31.2 Å². The predicted octanol–water partition coefficient (Wildman–Crippen LogP) is 2.10. The molecule has 0 saturated carbocycles. The van der Waals surface area contributed by atoms with Gasteiger partial charge in [-0.1, -0.05) is 0 Å². The zero-order valence-corrected chi connectivity index (χ0v) is 16.8. The Hall–Kier alpha value is -1.25. The Bertz CT molecular complexity index is 708. The van der Waals surface area contributed by atoms with E-state index in [0.717, 1.165) is 25.9 Å². The van der Waals surface area contributed by atoms with Crippen molar-refractivity contribution in [2.45, 2.75) is 25.8 Å². The van der Waals surface area contributed by atoms with Gasteiger partial charge in [-0.15, -0.1) is 0 Å². The third kappa shape index (κ3) is 4.92. The molecule has 1 aromatic carbocycles. The molecule has 3 rings (SSSR count). The van der Waals surface area contributed by atoms with Crippen molar-refractivity contribution in [3.05, 3.63) is 29.8 Å². The molecule has 1 N–H and O–H groups in total. The predicted molar refractivity (Wildman–Crippen MR) is 107 cm³/mol. The molecule has 1 amide bonds. The van der Waals surface area contributed by atoms with Gasteiger partial charge >= 0.3 is 0 Å². The number of hydrogen-bond donors (Lipinski definition) is 1. The van der Waals surface area contributed by atoms with Gasteiger partial charge in [0.2, 0.25) is 10.0 Å². The second-order valence-corrected chi connectivity index (χ2v) is 9.99. The van der Waals surface area contributed by atoms with Crippen LogP contribution in [0.15, 0.2) is 24.3 Å². The van der Waals surface area contributed by atoms with Crippen LogP contribution in [0.1, 0.15) is 30.1 Å². The van der Waals surface area contributed by atoms with Crippen molar-refractivity contribution in [2.24, 2.45) is 0 Å². The second-order valence-electron chi connectivity index (χ2n) is 6.75. The molecule has 0 unspecified atom stereocenters. The average Bonchev–Trinajstić information content (AvgIpc) is 2.68. The number of nitrogens with zero attached hydrogens (tertiary/aromatic N) is 2. The summed E-state index contributed by atoms with van der Waals surface area (Å²) < 4.78 is 25.7. The highest BCUT2D eigenvalue weighted by molar-refractivity contribution is 7.99. The van der Waals surface area contributed by atoms with Crippen molar-refractivity contribution >= 4 is 33.4 Å². The number of piperidine rings is 1. The third-order valence-electron chi connectivity index (χ3n) is 5.10. The smallest absolute Gasteiger partial charge is 0.253 e. The first kappa shape index (κ1) is 19.5. The second kappa shape index (κ2) is 8.63. The van der Waals surface area contributed by atoms with Gasteiger partial charge in [0.15, 0.2) is 0 Å². The number of anilines is 1. The molecule has 0 radical (unpaired) electrons. The molecule has 0 spiro atoms. The number of hydrogen-bond acceptors (Lipinski definition) is 5. The van der Waals surface area contributed by atoms with Crippen molar-refractivity contribution in [2.75, 3.05) is 48.2 Å². The lowest BCUT2D eigenvalue weighted by Gasteiger charge is -2.40. The van der Waals surface area contributed by atoms with Gasteiger partial charge in [0.05, 0.1) is 5.75 Å². The van der Waals surface area contributed by atoms with Crippen LogP contribution in [0.3, 0.4) is 0 Å². The number of benzene rings is 1. The zero-order chi connectivity index (χ0) is 18.6.